The number of aromatic nitrogens is 3. The van der Waals surface area contributed by atoms with Crippen molar-refractivity contribution in [3.8, 4) is 11.1 Å². The van der Waals surface area contributed by atoms with E-state index in [4.69, 9.17) is 41.2 Å². The Morgan fingerprint density at radius 2 is 1.94 bits per heavy atom. The Hall–Kier alpha value is -2.53. The van der Waals surface area contributed by atoms with Crippen molar-refractivity contribution in [1.29, 1.82) is 0 Å². The Morgan fingerprint density at radius 3 is 2.66 bits per heavy atom. The highest BCUT2D eigenvalue weighted by Crippen LogP contribution is 2.39. The van der Waals surface area contributed by atoms with Crippen LogP contribution in [-0.2, 0) is 10.0 Å². The Bertz CT molecular complexity index is 1540. The highest BCUT2D eigenvalue weighted by atomic mass is 35.5. The zero-order valence-electron chi connectivity index (χ0n) is 18.3. The number of hydrogen-bond donors (Lipinski definition) is 2. The van der Waals surface area contributed by atoms with Crippen LogP contribution in [-0.4, -0.2) is 27.8 Å². The second kappa shape index (κ2) is 9.16. The van der Waals surface area contributed by atoms with Crippen molar-refractivity contribution in [3.05, 3.63) is 57.6 Å². The predicted molar refractivity (Wildman–Crippen MR) is 141 cm³/mol. The molecule has 0 aliphatic heterocycles. The van der Waals surface area contributed by atoms with E-state index in [-0.39, 0.29) is 38.0 Å². The average Bonchev–Trinajstić information content (AvgIpc) is 3.46. The summed E-state index contributed by atoms with van der Waals surface area (Å²) in [7, 11) is -4.23. The number of benzene rings is 1. The Kier molecular flexibility index (Phi) is 6.33. The summed E-state index contributed by atoms with van der Waals surface area (Å²) in [6.07, 6.45) is 9.07. The minimum Gasteiger partial charge on any atom is -0.383 e. The van der Waals surface area contributed by atoms with E-state index in [1.165, 1.54) is 24.5 Å². The molecule has 0 saturated heterocycles. The number of allylic oxidation sites excluding steroid dienone is 3. The van der Waals surface area contributed by atoms with E-state index in [0.29, 0.717) is 28.0 Å². The van der Waals surface area contributed by atoms with Gasteiger partial charge in [-0.25, -0.2) is 22.8 Å². The van der Waals surface area contributed by atoms with Gasteiger partial charge in [-0.2, -0.15) is 0 Å². The van der Waals surface area contributed by atoms with Crippen LogP contribution < -0.4 is 10.5 Å². The number of rotatable bonds is 5. The fraction of sp³-hybridized carbons (Fsp3) is 0.261. The Morgan fingerprint density at radius 1 is 1.20 bits per heavy atom. The highest BCUT2D eigenvalue weighted by molar-refractivity contribution is 7.97. The number of nitrogens with zero attached hydrogens (tertiary/aromatic N) is 3. The maximum absolute atomic E-state index is 15.2. The molecule has 7 nitrogen and oxygen atoms in total. The summed E-state index contributed by atoms with van der Waals surface area (Å²) in [6.45, 7) is 0. The molecule has 0 unspecified atom stereocenters. The van der Waals surface area contributed by atoms with E-state index >= 15 is 4.39 Å². The fourth-order valence-electron chi connectivity index (χ4n) is 4.57. The average molecular weight is 552 g/mol. The Labute approximate surface area is 216 Å². The molecule has 1 aromatic carbocycles. The Balaban J connectivity index is 1.53. The van der Waals surface area contributed by atoms with E-state index in [1.807, 2.05) is 6.20 Å². The lowest BCUT2D eigenvalue weighted by Gasteiger charge is -2.16. The van der Waals surface area contributed by atoms with Crippen LogP contribution in [0.3, 0.4) is 0 Å². The molecule has 3 N–H and O–H groups in total. The van der Waals surface area contributed by atoms with Gasteiger partial charge in [-0.1, -0.05) is 54.3 Å². The monoisotopic (exact) mass is 551 g/mol. The van der Waals surface area contributed by atoms with Gasteiger partial charge in [0.15, 0.2) is 0 Å². The largest absolute Gasteiger partial charge is 0.383 e. The van der Waals surface area contributed by atoms with Crippen LogP contribution in [0.1, 0.15) is 38.1 Å². The number of fused-ring (bicyclic) bond motifs is 1. The van der Waals surface area contributed by atoms with Crippen LogP contribution in [0.15, 0.2) is 51.8 Å². The first-order valence-corrected chi connectivity index (χ1v) is 13.5. The minimum absolute atomic E-state index is 0.107. The molecule has 0 radical (unpaired) electrons. The lowest BCUT2D eigenvalue weighted by atomic mass is 10.1. The molecule has 0 amide bonds. The standard InChI is InChI=1S/C23H20Cl2FN5O2S2/c24-13-8-18(34)21(25)19(9-13)35(32,33)30-17-6-5-12(7-16(17)26)15-10-31(14-3-1-2-4-14)23-20(15)22(27)28-11-29-23/h5-7,9-11,14,30H,1-4,8H2,(H2,27,28,29). The first kappa shape index (κ1) is 24.2. The van der Waals surface area contributed by atoms with Crippen molar-refractivity contribution in [2.75, 3.05) is 10.5 Å². The van der Waals surface area contributed by atoms with Crippen molar-refractivity contribution < 1.29 is 12.8 Å². The van der Waals surface area contributed by atoms with Crippen LogP contribution in [0.25, 0.3) is 22.2 Å². The molecule has 2 aromatic heterocycles. The van der Waals surface area contributed by atoms with Gasteiger partial charge in [0.05, 0.1) is 16.1 Å². The molecule has 3 aromatic rings. The zero-order chi connectivity index (χ0) is 24.9. The van der Waals surface area contributed by atoms with Gasteiger partial charge in [0.2, 0.25) is 0 Å². The van der Waals surface area contributed by atoms with Gasteiger partial charge < -0.3 is 10.3 Å². The number of thiocarbonyl (C=S) groups is 1. The lowest BCUT2D eigenvalue weighted by Crippen LogP contribution is -2.19. The van der Waals surface area contributed by atoms with Crippen LogP contribution in [0.5, 0.6) is 0 Å². The van der Waals surface area contributed by atoms with Crippen molar-refractivity contribution in [1.82, 2.24) is 14.5 Å². The molecule has 2 heterocycles. The van der Waals surface area contributed by atoms with Crippen molar-refractivity contribution in [3.63, 3.8) is 0 Å². The second-order valence-electron chi connectivity index (χ2n) is 8.52. The van der Waals surface area contributed by atoms with Gasteiger partial charge in [0.1, 0.15) is 28.5 Å². The third-order valence-corrected chi connectivity index (χ3v) is 8.89. The normalized spacial score (nSPS) is 17.3. The summed E-state index contributed by atoms with van der Waals surface area (Å²) in [5, 5.41) is 0.762. The predicted octanol–water partition coefficient (Wildman–Crippen LogP) is 6.02. The number of nitrogens with two attached hydrogens (primary N) is 1. The van der Waals surface area contributed by atoms with Gasteiger partial charge >= 0.3 is 0 Å². The summed E-state index contributed by atoms with van der Waals surface area (Å²) >= 11 is 17.2. The van der Waals surface area contributed by atoms with Crippen LogP contribution in [0.4, 0.5) is 15.9 Å². The van der Waals surface area contributed by atoms with Gasteiger partial charge in [-0.15, -0.1) is 0 Å². The van der Waals surface area contributed by atoms with Crippen molar-refractivity contribution in [2.24, 2.45) is 0 Å². The summed E-state index contributed by atoms with van der Waals surface area (Å²) in [5.74, 6) is -0.473. The molecule has 2 aliphatic carbocycles. The van der Waals surface area contributed by atoms with Gasteiger partial charge in [0.25, 0.3) is 10.0 Å². The van der Waals surface area contributed by atoms with E-state index in [9.17, 15) is 8.42 Å². The molecular weight excluding hydrogens is 532 g/mol. The molecule has 5 rings (SSSR count). The van der Waals surface area contributed by atoms with Crippen LogP contribution >= 0.6 is 35.4 Å². The van der Waals surface area contributed by atoms with E-state index < -0.39 is 15.8 Å². The molecule has 0 bridgehead atoms. The number of hydrogen-bond acceptors (Lipinski definition) is 6. The molecule has 12 heteroatoms. The molecular formula is C23H20Cl2FN5O2S2. The summed E-state index contributed by atoms with van der Waals surface area (Å²) in [4.78, 5) is 8.46. The molecule has 1 fully saturated rings. The smallest absolute Gasteiger partial charge is 0.263 e. The molecule has 182 valence electrons. The number of halogens is 3. The first-order valence-electron chi connectivity index (χ1n) is 10.9. The van der Waals surface area contributed by atoms with Gasteiger partial charge in [-0.05, 0) is 36.6 Å². The third kappa shape index (κ3) is 4.44. The van der Waals surface area contributed by atoms with E-state index in [0.717, 1.165) is 25.7 Å². The number of nitrogens with one attached hydrogen (secondary N) is 1. The molecule has 0 atom stereocenters. The van der Waals surface area contributed by atoms with E-state index in [2.05, 4.69) is 19.3 Å². The zero-order valence-corrected chi connectivity index (χ0v) is 21.4. The topological polar surface area (TPSA) is 103 Å². The van der Waals surface area contributed by atoms with Gasteiger partial charge in [-0.3, -0.25) is 4.72 Å². The molecule has 0 spiro atoms. The molecule has 1 saturated carbocycles. The third-order valence-electron chi connectivity index (χ3n) is 6.25. The fourth-order valence-corrected chi connectivity index (χ4v) is 6.94. The van der Waals surface area contributed by atoms with Crippen LogP contribution in [0, 0.1) is 5.82 Å². The number of anilines is 2. The van der Waals surface area contributed by atoms with Gasteiger partial charge in [0, 0.05) is 34.1 Å². The van der Waals surface area contributed by atoms with E-state index in [1.54, 1.807) is 6.07 Å². The molecule has 2 aliphatic rings. The summed E-state index contributed by atoms with van der Waals surface area (Å²) < 4.78 is 45.3. The van der Waals surface area contributed by atoms with Crippen molar-refractivity contribution in [2.45, 2.75) is 38.1 Å². The maximum atomic E-state index is 15.2. The molecule has 35 heavy (non-hydrogen) atoms. The minimum atomic E-state index is -4.23. The first-order chi connectivity index (χ1) is 16.7. The number of sulfonamides is 1. The second-order valence-corrected chi connectivity index (χ2v) is 11.5. The SMILES string of the molecule is Nc1ncnc2c1c(-c1ccc(NS(=O)(=O)C3=C(Cl)C(=S)CC(Cl)=C3)c(F)c1)cn2C1CCCC1. The quantitative estimate of drug-likeness (QED) is 0.375. The summed E-state index contributed by atoms with van der Waals surface area (Å²) in [5.41, 5.74) is 7.84. The lowest BCUT2D eigenvalue weighted by molar-refractivity contribution is 0.532. The summed E-state index contributed by atoms with van der Waals surface area (Å²) in [6, 6.07) is 4.51. The van der Waals surface area contributed by atoms with Crippen molar-refractivity contribution >= 4 is 72.8 Å². The van der Waals surface area contributed by atoms with Crippen LogP contribution in [0.2, 0.25) is 0 Å². The number of nitrogen functional groups attached to an aromatic ring is 1. The highest BCUT2D eigenvalue weighted by Gasteiger charge is 2.28. The maximum Gasteiger partial charge on any atom is 0.263 e.